The van der Waals surface area contributed by atoms with Gasteiger partial charge in [0.05, 0.1) is 17.3 Å². The first-order chi connectivity index (χ1) is 13.6. The van der Waals surface area contributed by atoms with Crippen molar-refractivity contribution in [2.24, 2.45) is 0 Å². The van der Waals surface area contributed by atoms with E-state index in [0.29, 0.717) is 16.4 Å². The van der Waals surface area contributed by atoms with Crippen molar-refractivity contribution in [1.29, 1.82) is 0 Å². The summed E-state index contributed by atoms with van der Waals surface area (Å²) in [4.78, 5) is 31.2. The number of ether oxygens (including phenoxy) is 1. The van der Waals surface area contributed by atoms with E-state index in [2.05, 4.69) is 15.6 Å². The van der Waals surface area contributed by atoms with Crippen LogP contribution in [0.5, 0.6) is 5.75 Å². The predicted molar refractivity (Wildman–Crippen MR) is 99.7 cm³/mol. The number of methoxy groups -OCH3 is 1. The normalized spacial score (nSPS) is 12.8. The van der Waals surface area contributed by atoms with Crippen molar-refractivity contribution in [2.75, 3.05) is 12.5 Å². The molecule has 138 valence electrons. The summed E-state index contributed by atoms with van der Waals surface area (Å²) in [7, 11) is 1.57. The highest BCUT2D eigenvalue weighted by Gasteiger charge is 2.42. The van der Waals surface area contributed by atoms with Crippen LogP contribution in [0.2, 0.25) is 0 Å². The number of nitrogens with one attached hydrogen (secondary N) is 1. The van der Waals surface area contributed by atoms with Crippen LogP contribution in [0.4, 0.5) is 5.13 Å². The van der Waals surface area contributed by atoms with Gasteiger partial charge in [0.1, 0.15) is 11.0 Å². The lowest BCUT2D eigenvalue weighted by Gasteiger charge is -2.11. The fourth-order valence-corrected chi connectivity index (χ4v) is 3.97. The van der Waals surface area contributed by atoms with Gasteiger partial charge in [0, 0.05) is 17.2 Å². The molecule has 4 aromatic rings. The SMILES string of the molecule is COc1ccc2sc(Nn3n[n+]([O-])c4c3C(=O)c3ccccc3C4=O)nc2c1. The van der Waals surface area contributed by atoms with E-state index >= 15 is 0 Å². The average Bonchev–Trinajstić information content (AvgIpc) is 3.25. The van der Waals surface area contributed by atoms with Crippen LogP contribution >= 0.6 is 11.3 Å². The first-order valence-electron chi connectivity index (χ1n) is 8.19. The maximum Gasteiger partial charge on any atom is 0.280 e. The van der Waals surface area contributed by atoms with Crippen molar-refractivity contribution in [3.63, 3.8) is 0 Å². The Labute approximate surface area is 161 Å². The van der Waals surface area contributed by atoms with Crippen molar-refractivity contribution < 1.29 is 19.2 Å². The predicted octanol–water partition coefficient (Wildman–Crippen LogP) is 1.79. The third-order valence-electron chi connectivity index (χ3n) is 4.44. The molecule has 0 spiro atoms. The van der Waals surface area contributed by atoms with Gasteiger partial charge in [0.15, 0.2) is 0 Å². The number of aromatic nitrogens is 4. The molecule has 2 aromatic carbocycles. The Morgan fingerprint density at radius 3 is 2.64 bits per heavy atom. The van der Waals surface area contributed by atoms with E-state index in [1.54, 1.807) is 31.4 Å². The molecular formula is C18H11N5O4S. The van der Waals surface area contributed by atoms with E-state index in [9.17, 15) is 14.8 Å². The summed E-state index contributed by atoms with van der Waals surface area (Å²) in [6, 6.07) is 11.8. The van der Waals surface area contributed by atoms with Crippen LogP contribution in [-0.2, 0) is 0 Å². The minimum Gasteiger partial charge on any atom is -0.690 e. The van der Waals surface area contributed by atoms with Crippen LogP contribution in [0.25, 0.3) is 10.2 Å². The summed E-state index contributed by atoms with van der Waals surface area (Å²) >= 11 is 1.31. The Balaban J connectivity index is 1.60. The Bertz CT molecular complexity index is 1290. The largest absolute Gasteiger partial charge is 0.690 e. The zero-order valence-electron chi connectivity index (χ0n) is 14.4. The molecule has 0 atom stereocenters. The minimum atomic E-state index is -0.540. The molecule has 9 nitrogen and oxygen atoms in total. The zero-order chi connectivity index (χ0) is 19.4. The number of hydrogen-bond donors (Lipinski definition) is 1. The molecule has 0 amide bonds. The van der Waals surface area contributed by atoms with Gasteiger partial charge >= 0.3 is 0 Å². The van der Waals surface area contributed by atoms with Crippen molar-refractivity contribution in [2.45, 2.75) is 0 Å². The van der Waals surface area contributed by atoms with Crippen LogP contribution in [0.1, 0.15) is 32.1 Å². The molecule has 1 aliphatic carbocycles. The molecule has 0 radical (unpaired) electrons. The number of carbonyl (C=O) groups is 2. The Morgan fingerprint density at radius 2 is 1.89 bits per heavy atom. The van der Waals surface area contributed by atoms with E-state index < -0.39 is 11.6 Å². The average molecular weight is 393 g/mol. The molecule has 2 heterocycles. The lowest BCUT2D eigenvalue weighted by atomic mass is 9.90. The minimum absolute atomic E-state index is 0.115. The number of fused-ring (bicyclic) bond motifs is 3. The highest BCUT2D eigenvalue weighted by Crippen LogP contribution is 2.30. The second-order valence-electron chi connectivity index (χ2n) is 6.04. The van der Waals surface area contributed by atoms with Gasteiger partial charge in [-0.1, -0.05) is 35.6 Å². The summed E-state index contributed by atoms with van der Waals surface area (Å²) in [5, 5.41) is 16.4. The lowest BCUT2D eigenvalue weighted by molar-refractivity contribution is -0.672. The number of nitrogens with zero attached hydrogens (tertiary/aromatic N) is 4. The molecule has 28 heavy (non-hydrogen) atoms. The molecule has 0 unspecified atom stereocenters. The summed E-state index contributed by atoms with van der Waals surface area (Å²) in [6.45, 7) is 0. The highest BCUT2D eigenvalue weighted by atomic mass is 32.1. The molecule has 10 heteroatoms. The molecule has 1 N–H and O–H groups in total. The van der Waals surface area contributed by atoms with Gasteiger partial charge in [-0.25, -0.2) is 4.98 Å². The second-order valence-corrected chi connectivity index (χ2v) is 7.07. The number of benzene rings is 2. The molecule has 0 saturated heterocycles. The molecule has 2 aromatic heterocycles. The van der Waals surface area contributed by atoms with E-state index in [-0.39, 0.29) is 27.4 Å². The number of ketones is 2. The molecular weight excluding hydrogens is 382 g/mol. The molecule has 0 aliphatic heterocycles. The van der Waals surface area contributed by atoms with E-state index in [1.807, 2.05) is 12.1 Å². The van der Waals surface area contributed by atoms with Gasteiger partial charge in [0.25, 0.3) is 11.4 Å². The molecule has 0 saturated carbocycles. The first-order valence-corrected chi connectivity index (χ1v) is 9.01. The number of anilines is 1. The Kier molecular flexibility index (Phi) is 3.43. The summed E-state index contributed by atoms with van der Waals surface area (Å²) in [5.41, 5.74) is 3.53. The topological polar surface area (TPSA) is 113 Å². The van der Waals surface area contributed by atoms with Crippen LogP contribution in [0.3, 0.4) is 0 Å². The van der Waals surface area contributed by atoms with E-state index in [4.69, 9.17) is 4.74 Å². The van der Waals surface area contributed by atoms with Gasteiger partial charge in [-0.05, 0) is 16.9 Å². The summed E-state index contributed by atoms with van der Waals surface area (Å²) < 4.78 is 6.07. The van der Waals surface area contributed by atoms with Crippen LogP contribution in [-0.4, -0.2) is 33.7 Å². The summed E-state index contributed by atoms with van der Waals surface area (Å²) in [6.07, 6.45) is 0. The van der Waals surface area contributed by atoms with Gasteiger partial charge in [-0.15, -0.1) is 4.85 Å². The molecule has 1 aliphatic rings. The van der Waals surface area contributed by atoms with Crippen molar-refractivity contribution in [3.05, 3.63) is 70.2 Å². The lowest BCUT2D eigenvalue weighted by Crippen LogP contribution is -2.38. The van der Waals surface area contributed by atoms with E-state index in [1.165, 1.54) is 17.4 Å². The smallest absolute Gasteiger partial charge is 0.280 e. The van der Waals surface area contributed by atoms with Crippen molar-refractivity contribution >= 4 is 38.3 Å². The standard InChI is InChI=1S/C18H11N5O4S/c1-27-9-6-7-13-12(8-9)19-18(28-13)20-22-14-15(23(26)21-22)17(25)11-5-3-2-4-10(11)16(14)24/h2-8H,1H3,(H,19,20). The maximum absolute atomic E-state index is 12.9. The zero-order valence-corrected chi connectivity index (χ0v) is 15.2. The third kappa shape index (κ3) is 2.28. The molecule has 0 fully saturated rings. The molecule has 5 rings (SSSR count). The van der Waals surface area contributed by atoms with Crippen LogP contribution in [0.15, 0.2) is 42.5 Å². The Hall–Kier alpha value is -3.79. The number of thiazole rings is 1. The van der Waals surface area contributed by atoms with Crippen molar-refractivity contribution in [1.82, 2.24) is 15.0 Å². The van der Waals surface area contributed by atoms with Gasteiger partial charge < -0.3 is 9.94 Å². The van der Waals surface area contributed by atoms with Gasteiger partial charge in [-0.2, -0.15) is 5.43 Å². The van der Waals surface area contributed by atoms with Crippen LogP contribution in [0, 0.1) is 5.21 Å². The fraction of sp³-hybridized carbons (Fsp3) is 0.0556. The highest BCUT2D eigenvalue weighted by molar-refractivity contribution is 7.22. The van der Waals surface area contributed by atoms with Gasteiger partial charge in [-0.3, -0.25) is 9.59 Å². The maximum atomic E-state index is 12.9. The monoisotopic (exact) mass is 393 g/mol. The van der Waals surface area contributed by atoms with E-state index in [0.717, 1.165) is 9.49 Å². The number of hydrogen-bond acceptors (Lipinski definition) is 8. The van der Waals surface area contributed by atoms with Crippen molar-refractivity contribution in [3.8, 4) is 5.75 Å². The summed E-state index contributed by atoms with van der Waals surface area (Å²) in [5.74, 6) is -0.333. The van der Waals surface area contributed by atoms with Gasteiger partial charge in [0.2, 0.25) is 16.7 Å². The second kappa shape index (κ2) is 5.86. The molecule has 0 bridgehead atoms. The number of rotatable bonds is 3. The third-order valence-corrected chi connectivity index (χ3v) is 5.38. The fourth-order valence-electron chi connectivity index (χ4n) is 3.14. The Morgan fingerprint density at radius 1 is 1.14 bits per heavy atom. The first kappa shape index (κ1) is 16.4. The number of carbonyl (C=O) groups excluding carboxylic acids is 2. The quantitative estimate of drug-likeness (QED) is 0.367. The van der Waals surface area contributed by atoms with Crippen LogP contribution < -0.4 is 15.0 Å².